The summed E-state index contributed by atoms with van der Waals surface area (Å²) in [5.41, 5.74) is -6.70. The van der Waals surface area contributed by atoms with Crippen molar-refractivity contribution < 1.29 is 28.6 Å². The van der Waals surface area contributed by atoms with Crippen molar-refractivity contribution in [1.82, 2.24) is 0 Å². The smallest absolute Gasteiger partial charge is 0.222 e. The summed E-state index contributed by atoms with van der Waals surface area (Å²) in [6, 6.07) is 0. The standard InChI is InChI=1S/C21H24F2O4S/c1-10-6-12-13-8-15(22)14-7-11(24)4-5-18(14,2)20(13,23)16(25)9-19(12,3)21(10,27)17(26)28/h4-5,7,12-13,15-16,25,27H,1,6,8-9H2,2-3H3,(H,26,28)/t12-,13-,15-,16-,18-,19-,20-,21-/m0/s1. The number of hydrogen-bond donors (Lipinski definition) is 3. The van der Waals surface area contributed by atoms with Crippen LogP contribution < -0.4 is 0 Å². The van der Waals surface area contributed by atoms with E-state index < -0.39 is 57.1 Å². The molecular formula is C21H24F2O4S. The number of thiol groups is 1. The van der Waals surface area contributed by atoms with E-state index in [4.69, 9.17) is 0 Å². The lowest BCUT2D eigenvalue weighted by Crippen LogP contribution is -2.70. The predicted octanol–water partition coefficient (Wildman–Crippen LogP) is 2.66. The van der Waals surface area contributed by atoms with Crippen LogP contribution in [0.1, 0.15) is 33.1 Å². The third-order valence-electron chi connectivity index (χ3n) is 8.13. The molecule has 7 heteroatoms. The highest BCUT2D eigenvalue weighted by Gasteiger charge is 2.75. The largest absolute Gasteiger partial charge is 0.390 e. The Balaban J connectivity index is 1.90. The zero-order valence-electron chi connectivity index (χ0n) is 15.8. The fraction of sp³-hybridized carbons (Fsp3) is 0.619. The summed E-state index contributed by atoms with van der Waals surface area (Å²) in [5.74, 6) is -1.97. The average molecular weight is 410 g/mol. The van der Waals surface area contributed by atoms with Crippen molar-refractivity contribution in [2.45, 2.75) is 56.7 Å². The van der Waals surface area contributed by atoms with Crippen LogP contribution in [-0.2, 0) is 9.59 Å². The molecule has 0 aliphatic heterocycles. The number of aliphatic hydroxyl groups excluding tert-OH is 1. The number of hydrogen-bond acceptors (Lipinski definition) is 4. The first-order valence-electron chi connectivity index (χ1n) is 9.44. The monoisotopic (exact) mass is 410 g/mol. The predicted molar refractivity (Wildman–Crippen MR) is 102 cm³/mol. The number of fused-ring (bicyclic) bond motifs is 5. The Hall–Kier alpha value is -1.31. The molecule has 0 radical (unpaired) electrons. The average Bonchev–Trinajstić information content (AvgIpc) is 2.81. The highest BCUT2D eigenvalue weighted by Crippen LogP contribution is 2.70. The molecule has 8 atom stereocenters. The van der Waals surface area contributed by atoms with Crippen LogP contribution >= 0.6 is 12.6 Å². The molecule has 0 unspecified atom stereocenters. The maximum absolute atomic E-state index is 16.8. The topological polar surface area (TPSA) is 74.6 Å². The number of alkyl halides is 2. The van der Waals surface area contributed by atoms with Crippen LogP contribution in [0.5, 0.6) is 0 Å². The summed E-state index contributed by atoms with van der Waals surface area (Å²) in [7, 11) is 0. The number of rotatable bonds is 1. The molecule has 0 saturated heterocycles. The lowest BCUT2D eigenvalue weighted by Gasteiger charge is -2.62. The molecule has 2 N–H and O–H groups in total. The molecular weight excluding hydrogens is 386 g/mol. The molecule has 152 valence electrons. The van der Waals surface area contributed by atoms with Gasteiger partial charge in [0.25, 0.3) is 0 Å². The van der Waals surface area contributed by atoms with Crippen LogP contribution in [-0.4, -0.2) is 44.7 Å². The summed E-state index contributed by atoms with van der Waals surface area (Å²) < 4.78 is 32.0. The highest BCUT2D eigenvalue weighted by atomic mass is 32.1. The van der Waals surface area contributed by atoms with Gasteiger partial charge in [0.2, 0.25) is 5.12 Å². The first-order chi connectivity index (χ1) is 12.8. The number of carbonyl (C=O) groups is 2. The second-order valence-corrected chi connectivity index (χ2v) is 9.59. The fourth-order valence-electron chi connectivity index (χ4n) is 6.56. The quantitative estimate of drug-likeness (QED) is 0.459. The lowest BCUT2D eigenvalue weighted by molar-refractivity contribution is -0.217. The molecule has 3 fully saturated rings. The molecule has 4 aliphatic carbocycles. The summed E-state index contributed by atoms with van der Waals surface area (Å²) in [4.78, 5) is 24.0. The molecule has 4 aliphatic rings. The van der Waals surface area contributed by atoms with Crippen molar-refractivity contribution in [2.24, 2.45) is 22.7 Å². The number of ketones is 1. The van der Waals surface area contributed by atoms with Gasteiger partial charge < -0.3 is 10.2 Å². The van der Waals surface area contributed by atoms with Gasteiger partial charge >= 0.3 is 0 Å². The first-order valence-corrected chi connectivity index (χ1v) is 9.89. The van der Waals surface area contributed by atoms with E-state index in [1.165, 1.54) is 19.1 Å². The second-order valence-electron chi connectivity index (χ2n) is 9.18. The van der Waals surface area contributed by atoms with Crippen molar-refractivity contribution in [3.8, 4) is 0 Å². The van der Waals surface area contributed by atoms with Crippen LogP contribution in [0, 0.1) is 22.7 Å². The Morgan fingerprint density at radius 2 is 2.00 bits per heavy atom. The molecule has 0 spiro atoms. The van der Waals surface area contributed by atoms with Crippen LogP contribution in [0.3, 0.4) is 0 Å². The third kappa shape index (κ3) is 1.98. The Kier molecular flexibility index (Phi) is 4.03. The Morgan fingerprint density at radius 3 is 2.61 bits per heavy atom. The molecule has 0 heterocycles. The molecule has 0 aromatic heterocycles. The second kappa shape index (κ2) is 5.64. The van der Waals surface area contributed by atoms with Gasteiger partial charge in [-0.1, -0.05) is 19.6 Å². The van der Waals surface area contributed by atoms with Gasteiger partial charge in [-0.15, -0.1) is 12.6 Å². The van der Waals surface area contributed by atoms with Gasteiger partial charge in [-0.2, -0.15) is 0 Å². The van der Waals surface area contributed by atoms with Crippen LogP contribution in [0.4, 0.5) is 8.78 Å². The van der Waals surface area contributed by atoms with Crippen LogP contribution in [0.25, 0.3) is 0 Å². The molecule has 4 nitrogen and oxygen atoms in total. The van der Waals surface area contributed by atoms with E-state index >= 15 is 8.78 Å². The minimum atomic E-state index is -2.24. The van der Waals surface area contributed by atoms with Crippen LogP contribution in [0.15, 0.2) is 36.0 Å². The summed E-state index contributed by atoms with van der Waals surface area (Å²) >= 11 is 3.84. The van der Waals surface area contributed by atoms with Gasteiger partial charge in [-0.05, 0) is 55.4 Å². The summed E-state index contributed by atoms with van der Waals surface area (Å²) in [6.07, 6.45) is 0.278. The van der Waals surface area contributed by atoms with Crippen molar-refractivity contribution in [3.63, 3.8) is 0 Å². The fourth-order valence-corrected chi connectivity index (χ4v) is 6.97. The van der Waals surface area contributed by atoms with E-state index in [0.29, 0.717) is 0 Å². The normalized spacial score (nSPS) is 52.6. The van der Waals surface area contributed by atoms with Crippen LogP contribution in [0.2, 0.25) is 0 Å². The third-order valence-corrected chi connectivity index (χ3v) is 8.46. The lowest BCUT2D eigenvalue weighted by atomic mass is 9.44. The van der Waals surface area contributed by atoms with Crippen molar-refractivity contribution in [2.75, 3.05) is 0 Å². The number of allylic oxidation sites excluding steroid dienone is 4. The number of halogens is 2. The van der Waals surface area contributed by atoms with Gasteiger partial charge in [-0.3, -0.25) is 9.59 Å². The number of carbonyl (C=O) groups excluding carboxylic acids is 2. The van der Waals surface area contributed by atoms with Gasteiger partial charge in [0.05, 0.1) is 6.10 Å². The minimum Gasteiger partial charge on any atom is -0.390 e. The molecule has 0 aromatic rings. The van der Waals surface area contributed by atoms with Gasteiger partial charge in [-0.25, -0.2) is 8.78 Å². The SMILES string of the molecule is C=C1C[C@H]2[C@@H]3C[C@H](F)C4=CC(=O)C=C[C@]4(C)[C@@]3(F)[C@@H](O)C[C@]2(C)[C@@]1(O)C(=O)S. The van der Waals surface area contributed by atoms with E-state index in [-0.39, 0.29) is 30.4 Å². The van der Waals surface area contributed by atoms with Gasteiger partial charge in [0.1, 0.15) is 6.17 Å². The molecule has 28 heavy (non-hydrogen) atoms. The highest BCUT2D eigenvalue weighted by molar-refractivity contribution is 7.96. The zero-order chi connectivity index (χ0) is 20.9. The maximum atomic E-state index is 16.8. The van der Waals surface area contributed by atoms with E-state index in [2.05, 4.69) is 19.2 Å². The molecule has 3 saturated carbocycles. The van der Waals surface area contributed by atoms with E-state index in [1.807, 2.05) is 0 Å². The Bertz CT molecular complexity index is 868. The summed E-state index contributed by atoms with van der Waals surface area (Å²) in [5, 5.41) is 21.4. The van der Waals surface area contributed by atoms with Crippen molar-refractivity contribution in [1.29, 1.82) is 0 Å². The Labute approximate surface area is 167 Å². The van der Waals surface area contributed by atoms with E-state index in [0.717, 1.165) is 6.08 Å². The van der Waals surface area contributed by atoms with Crippen molar-refractivity contribution in [3.05, 3.63) is 36.0 Å². The maximum Gasteiger partial charge on any atom is 0.222 e. The van der Waals surface area contributed by atoms with Gasteiger partial charge in [0.15, 0.2) is 17.1 Å². The minimum absolute atomic E-state index is 0.0405. The molecule has 4 rings (SSSR count). The molecule has 0 bridgehead atoms. The molecule has 0 aromatic carbocycles. The molecule has 0 amide bonds. The van der Waals surface area contributed by atoms with Crippen molar-refractivity contribution >= 4 is 23.5 Å². The van der Waals surface area contributed by atoms with E-state index in [9.17, 15) is 19.8 Å². The van der Waals surface area contributed by atoms with E-state index in [1.54, 1.807) is 6.92 Å². The first kappa shape index (κ1) is 20.0. The number of aliphatic hydroxyl groups is 2. The zero-order valence-corrected chi connectivity index (χ0v) is 16.7. The summed E-state index contributed by atoms with van der Waals surface area (Å²) in [6.45, 7) is 6.95. The van der Waals surface area contributed by atoms with Gasteiger partial charge in [0, 0.05) is 16.7 Å². The Morgan fingerprint density at radius 1 is 1.36 bits per heavy atom.